The van der Waals surface area contributed by atoms with Gasteiger partial charge in [-0.05, 0) is 62.1 Å². The molecule has 0 spiro atoms. The van der Waals surface area contributed by atoms with Gasteiger partial charge in [0.05, 0.1) is 0 Å². The number of hydrogen-bond donors (Lipinski definition) is 1. The third kappa shape index (κ3) is 5.81. The molecule has 0 saturated carbocycles. The normalized spacial score (nSPS) is 18.0. The summed E-state index contributed by atoms with van der Waals surface area (Å²) in [4.78, 5) is 14.5. The van der Waals surface area contributed by atoms with E-state index in [0.717, 1.165) is 41.8 Å². The fraction of sp³-hybridized carbons (Fsp3) is 0.435. The summed E-state index contributed by atoms with van der Waals surface area (Å²) in [6, 6.07) is 15.4. The van der Waals surface area contributed by atoms with Gasteiger partial charge in [0.1, 0.15) is 31.1 Å². The summed E-state index contributed by atoms with van der Waals surface area (Å²) in [7, 11) is 0. The summed E-state index contributed by atoms with van der Waals surface area (Å²) in [5, 5.41) is 10.4. The Morgan fingerprint density at radius 2 is 1.89 bits per heavy atom. The highest BCUT2D eigenvalue weighted by Crippen LogP contribution is 2.20. The van der Waals surface area contributed by atoms with E-state index >= 15 is 0 Å². The lowest BCUT2D eigenvalue weighted by Gasteiger charge is -2.25. The van der Waals surface area contributed by atoms with Gasteiger partial charge in [-0.15, -0.1) is 0 Å². The van der Waals surface area contributed by atoms with Crippen molar-refractivity contribution in [2.24, 2.45) is 0 Å². The third-order valence-electron chi connectivity index (χ3n) is 4.94. The Balaban J connectivity index is 1.47. The molecule has 28 heavy (non-hydrogen) atoms. The van der Waals surface area contributed by atoms with Crippen molar-refractivity contribution in [1.82, 2.24) is 4.90 Å². The van der Waals surface area contributed by atoms with Gasteiger partial charge < -0.3 is 14.6 Å². The maximum Gasteiger partial charge on any atom is 0.323 e. The number of benzene rings is 2. The van der Waals surface area contributed by atoms with Crippen LogP contribution in [0.25, 0.3) is 0 Å². The van der Waals surface area contributed by atoms with Crippen LogP contribution in [0, 0.1) is 13.8 Å². The minimum absolute atomic E-state index is 0.200. The summed E-state index contributed by atoms with van der Waals surface area (Å²) in [6.07, 6.45) is 1.02. The number of likely N-dealkylation sites (tertiary alicyclic amines) is 1. The first-order chi connectivity index (χ1) is 13.5. The van der Waals surface area contributed by atoms with E-state index in [0.29, 0.717) is 6.54 Å². The molecule has 1 aliphatic rings. The van der Waals surface area contributed by atoms with Crippen molar-refractivity contribution < 1.29 is 19.4 Å². The number of aliphatic hydroxyl groups excluding tert-OH is 1. The number of carbonyl (C=O) groups is 1. The Labute approximate surface area is 166 Å². The molecule has 1 aliphatic heterocycles. The van der Waals surface area contributed by atoms with Crippen LogP contribution in [0.3, 0.4) is 0 Å². The predicted octanol–water partition coefficient (Wildman–Crippen LogP) is 3.25. The fourth-order valence-electron chi connectivity index (χ4n) is 3.67. The maximum absolute atomic E-state index is 12.5. The Kier molecular flexibility index (Phi) is 7.06. The summed E-state index contributed by atoms with van der Waals surface area (Å²) in [6.45, 7) is 5.70. The molecule has 2 unspecified atom stereocenters. The number of ether oxygens (including phenoxy) is 2. The van der Waals surface area contributed by atoms with Crippen LogP contribution in [0.1, 0.15) is 29.5 Å². The molecule has 0 aromatic heterocycles. The monoisotopic (exact) mass is 383 g/mol. The predicted molar refractivity (Wildman–Crippen MR) is 108 cm³/mol. The Morgan fingerprint density at radius 3 is 2.61 bits per heavy atom. The smallest absolute Gasteiger partial charge is 0.323 e. The van der Waals surface area contributed by atoms with Crippen molar-refractivity contribution >= 4 is 5.97 Å². The summed E-state index contributed by atoms with van der Waals surface area (Å²) in [5.74, 6) is 0.542. The van der Waals surface area contributed by atoms with Crippen LogP contribution in [0.15, 0.2) is 48.5 Å². The van der Waals surface area contributed by atoms with E-state index in [4.69, 9.17) is 9.47 Å². The molecule has 1 heterocycles. The van der Waals surface area contributed by atoms with Gasteiger partial charge in [-0.1, -0.05) is 36.4 Å². The highest BCUT2D eigenvalue weighted by Gasteiger charge is 2.33. The molecule has 1 fully saturated rings. The van der Waals surface area contributed by atoms with E-state index in [1.165, 1.54) is 0 Å². The Morgan fingerprint density at radius 1 is 1.18 bits per heavy atom. The Bertz CT molecular complexity index is 757. The molecule has 1 N–H and O–H groups in total. The molecular weight excluding hydrogens is 354 g/mol. The largest absolute Gasteiger partial charge is 0.491 e. The van der Waals surface area contributed by atoms with Crippen LogP contribution >= 0.6 is 0 Å². The maximum atomic E-state index is 12.5. The molecule has 5 nitrogen and oxygen atoms in total. The van der Waals surface area contributed by atoms with Gasteiger partial charge in [0.15, 0.2) is 0 Å². The van der Waals surface area contributed by atoms with Crippen molar-refractivity contribution in [2.45, 2.75) is 45.4 Å². The highest BCUT2D eigenvalue weighted by atomic mass is 16.5. The number of esters is 1. The lowest BCUT2D eigenvalue weighted by molar-refractivity contribution is -0.150. The molecule has 2 atom stereocenters. The standard InChI is InChI=1S/C23H29NO4/c1-17-11-18(2)13-21(12-17)27-16-20(25)14-24-10-6-9-22(24)23(26)28-15-19-7-4-3-5-8-19/h3-5,7-8,11-13,20,22,25H,6,9-10,14-16H2,1-2H3. The molecule has 5 heteroatoms. The van der Waals surface area contributed by atoms with Gasteiger partial charge in [0.2, 0.25) is 0 Å². The third-order valence-corrected chi connectivity index (χ3v) is 4.94. The van der Waals surface area contributed by atoms with E-state index in [1.807, 2.05) is 61.2 Å². The number of nitrogens with zero attached hydrogens (tertiary/aromatic N) is 1. The zero-order chi connectivity index (χ0) is 19.9. The van der Waals surface area contributed by atoms with Crippen LogP contribution < -0.4 is 4.74 Å². The van der Waals surface area contributed by atoms with Crippen molar-refractivity contribution in [1.29, 1.82) is 0 Å². The van der Waals surface area contributed by atoms with Crippen molar-refractivity contribution in [3.05, 3.63) is 65.2 Å². The molecule has 150 valence electrons. The van der Waals surface area contributed by atoms with Gasteiger partial charge in [0.25, 0.3) is 0 Å². The average molecular weight is 383 g/mol. The van der Waals surface area contributed by atoms with E-state index in [9.17, 15) is 9.90 Å². The lowest BCUT2D eigenvalue weighted by atomic mass is 10.1. The summed E-state index contributed by atoms with van der Waals surface area (Å²) in [5.41, 5.74) is 3.23. The minimum atomic E-state index is -0.664. The number of hydrogen-bond acceptors (Lipinski definition) is 5. The van der Waals surface area contributed by atoms with Crippen LogP contribution in [0.4, 0.5) is 0 Å². The van der Waals surface area contributed by atoms with Crippen LogP contribution in [0.2, 0.25) is 0 Å². The second-order valence-electron chi connectivity index (χ2n) is 7.53. The molecule has 0 radical (unpaired) electrons. The number of carbonyl (C=O) groups excluding carboxylic acids is 1. The number of aliphatic hydroxyl groups is 1. The molecule has 3 rings (SSSR count). The van der Waals surface area contributed by atoms with Gasteiger partial charge in [0, 0.05) is 6.54 Å². The summed E-state index contributed by atoms with van der Waals surface area (Å²) >= 11 is 0. The first-order valence-electron chi connectivity index (χ1n) is 9.85. The van der Waals surface area contributed by atoms with Gasteiger partial charge in [-0.3, -0.25) is 9.69 Å². The first-order valence-corrected chi connectivity index (χ1v) is 9.85. The fourth-order valence-corrected chi connectivity index (χ4v) is 3.67. The van der Waals surface area contributed by atoms with Crippen LogP contribution in [-0.2, 0) is 16.1 Å². The second kappa shape index (κ2) is 9.71. The minimum Gasteiger partial charge on any atom is -0.491 e. The zero-order valence-corrected chi connectivity index (χ0v) is 16.6. The van der Waals surface area contributed by atoms with E-state index in [1.54, 1.807) is 0 Å². The highest BCUT2D eigenvalue weighted by molar-refractivity contribution is 5.76. The number of aryl methyl sites for hydroxylation is 2. The number of rotatable bonds is 8. The quantitative estimate of drug-likeness (QED) is 0.709. The Hall–Kier alpha value is -2.37. The molecule has 1 saturated heterocycles. The molecule has 0 aliphatic carbocycles. The average Bonchev–Trinajstić information content (AvgIpc) is 3.13. The number of β-amino-alcohol motifs (C(OH)–C–C–N with tert-alkyl or cyclic N) is 1. The second-order valence-corrected chi connectivity index (χ2v) is 7.53. The molecule has 2 aromatic carbocycles. The van der Waals surface area contributed by atoms with Crippen molar-refractivity contribution in [2.75, 3.05) is 19.7 Å². The molecule has 0 bridgehead atoms. The van der Waals surface area contributed by atoms with Gasteiger partial charge in [-0.2, -0.15) is 0 Å². The van der Waals surface area contributed by atoms with Gasteiger partial charge >= 0.3 is 5.97 Å². The first kappa shape index (κ1) is 20.4. The lowest BCUT2D eigenvalue weighted by Crippen LogP contribution is -2.43. The summed E-state index contributed by atoms with van der Waals surface area (Å²) < 4.78 is 11.2. The van der Waals surface area contributed by atoms with E-state index in [2.05, 4.69) is 6.07 Å². The van der Waals surface area contributed by atoms with Crippen molar-refractivity contribution in [3.8, 4) is 5.75 Å². The zero-order valence-electron chi connectivity index (χ0n) is 16.6. The molecule has 2 aromatic rings. The van der Waals surface area contributed by atoms with Crippen LogP contribution in [-0.4, -0.2) is 47.8 Å². The molecular formula is C23H29NO4. The van der Waals surface area contributed by atoms with E-state index < -0.39 is 6.10 Å². The van der Waals surface area contributed by atoms with Gasteiger partial charge in [-0.25, -0.2) is 0 Å². The SMILES string of the molecule is Cc1cc(C)cc(OCC(O)CN2CCCC2C(=O)OCc2ccccc2)c1. The molecule has 0 amide bonds. The van der Waals surface area contributed by atoms with E-state index in [-0.39, 0.29) is 25.2 Å². The van der Waals surface area contributed by atoms with Crippen molar-refractivity contribution in [3.63, 3.8) is 0 Å². The van der Waals surface area contributed by atoms with Crippen LogP contribution in [0.5, 0.6) is 5.75 Å². The topological polar surface area (TPSA) is 59.0 Å².